The molecule has 2 aromatic rings. The van der Waals surface area contributed by atoms with Gasteiger partial charge in [0.25, 0.3) is 0 Å². The van der Waals surface area contributed by atoms with Crippen molar-refractivity contribution in [3.63, 3.8) is 0 Å². The summed E-state index contributed by atoms with van der Waals surface area (Å²) in [4.78, 5) is 13.6. The van der Waals surface area contributed by atoms with E-state index in [1.165, 1.54) is 0 Å². The van der Waals surface area contributed by atoms with Gasteiger partial charge in [-0.3, -0.25) is 0 Å². The summed E-state index contributed by atoms with van der Waals surface area (Å²) in [5, 5.41) is 8.85. The van der Waals surface area contributed by atoms with Crippen LogP contribution in [0.3, 0.4) is 0 Å². The third-order valence-corrected chi connectivity index (χ3v) is 4.66. The Morgan fingerprint density at radius 2 is 1.59 bits per heavy atom. The summed E-state index contributed by atoms with van der Waals surface area (Å²) in [7, 11) is 0. The number of aromatic nitrogens is 2. The third kappa shape index (κ3) is 2.27. The van der Waals surface area contributed by atoms with Gasteiger partial charge in [-0.1, -0.05) is 6.07 Å². The molecular weight excluding hydrogens is 274 g/mol. The van der Waals surface area contributed by atoms with E-state index in [0.717, 1.165) is 37.8 Å². The average Bonchev–Trinajstić information content (AvgIpc) is 3.15. The molecule has 5 heteroatoms. The van der Waals surface area contributed by atoms with Crippen molar-refractivity contribution >= 4 is 11.6 Å². The van der Waals surface area contributed by atoms with Crippen molar-refractivity contribution in [3.05, 3.63) is 48.3 Å². The number of anilines is 2. The number of rotatable bonds is 2. The predicted molar refractivity (Wildman–Crippen MR) is 84.6 cm³/mol. The topological polar surface area (TPSA) is 56.1 Å². The van der Waals surface area contributed by atoms with Crippen LogP contribution in [0.25, 0.3) is 0 Å². The van der Waals surface area contributed by atoms with Gasteiger partial charge in [-0.25, -0.2) is 9.97 Å². The highest BCUT2D eigenvalue weighted by atomic mass is 15.3. The predicted octanol–water partition coefficient (Wildman–Crippen LogP) is 1.92. The molecule has 5 nitrogen and oxygen atoms in total. The molecule has 2 atom stereocenters. The monoisotopic (exact) mass is 291 g/mol. The van der Waals surface area contributed by atoms with Gasteiger partial charge in [0.15, 0.2) is 0 Å². The summed E-state index contributed by atoms with van der Waals surface area (Å²) in [6.45, 7) is 4.20. The van der Waals surface area contributed by atoms with Crippen molar-refractivity contribution < 1.29 is 0 Å². The zero-order valence-corrected chi connectivity index (χ0v) is 12.3. The maximum Gasteiger partial charge on any atom is 0.128 e. The molecule has 0 bridgehead atoms. The highest BCUT2D eigenvalue weighted by molar-refractivity contribution is 5.46. The van der Waals surface area contributed by atoms with E-state index in [9.17, 15) is 0 Å². The van der Waals surface area contributed by atoms with Crippen LogP contribution in [0.15, 0.2) is 42.7 Å². The second-order valence-electron chi connectivity index (χ2n) is 6.03. The van der Waals surface area contributed by atoms with E-state index in [2.05, 4.69) is 31.9 Å². The lowest BCUT2D eigenvalue weighted by Gasteiger charge is -2.23. The fourth-order valence-corrected chi connectivity index (χ4v) is 3.55. The number of pyridine rings is 2. The van der Waals surface area contributed by atoms with E-state index in [-0.39, 0.29) is 0 Å². The number of nitrogens with zero attached hydrogens (tertiary/aromatic N) is 5. The molecule has 2 aromatic heterocycles. The van der Waals surface area contributed by atoms with Crippen LogP contribution in [-0.2, 0) is 0 Å². The van der Waals surface area contributed by atoms with Gasteiger partial charge in [0, 0.05) is 50.4 Å². The molecule has 110 valence electrons. The third-order valence-electron chi connectivity index (χ3n) is 4.66. The summed E-state index contributed by atoms with van der Waals surface area (Å²) in [6, 6.07) is 12.0. The van der Waals surface area contributed by atoms with Crippen LogP contribution in [0.2, 0.25) is 0 Å². The van der Waals surface area contributed by atoms with Gasteiger partial charge in [0.1, 0.15) is 17.7 Å². The molecular formula is C17H17N5. The van der Waals surface area contributed by atoms with Crippen LogP contribution in [0.4, 0.5) is 11.6 Å². The smallest absolute Gasteiger partial charge is 0.128 e. The molecule has 0 aromatic carbocycles. The van der Waals surface area contributed by atoms with Crippen LogP contribution in [-0.4, -0.2) is 36.1 Å². The van der Waals surface area contributed by atoms with Gasteiger partial charge >= 0.3 is 0 Å². The summed E-state index contributed by atoms with van der Waals surface area (Å²) < 4.78 is 0. The summed E-state index contributed by atoms with van der Waals surface area (Å²) >= 11 is 0. The van der Waals surface area contributed by atoms with Crippen molar-refractivity contribution in [2.75, 3.05) is 36.0 Å². The number of hydrogen-bond acceptors (Lipinski definition) is 5. The molecule has 2 saturated heterocycles. The van der Waals surface area contributed by atoms with Crippen LogP contribution < -0.4 is 9.80 Å². The molecule has 4 heterocycles. The van der Waals surface area contributed by atoms with Gasteiger partial charge in [0.05, 0.1) is 5.56 Å². The molecule has 22 heavy (non-hydrogen) atoms. The van der Waals surface area contributed by atoms with E-state index < -0.39 is 0 Å². The summed E-state index contributed by atoms with van der Waals surface area (Å²) in [5.74, 6) is 3.40. The fraction of sp³-hybridized carbons (Fsp3) is 0.353. The normalized spacial score (nSPS) is 23.4. The zero-order chi connectivity index (χ0) is 14.9. The standard InChI is InChI=1S/C17H17N5/c18-7-13-4-5-17(20-8-13)22-11-14-9-21(10-15(14)12-22)16-3-1-2-6-19-16/h1-6,8,14-15H,9-12H2. The Morgan fingerprint density at radius 3 is 2.09 bits per heavy atom. The first-order chi connectivity index (χ1) is 10.8. The van der Waals surface area contributed by atoms with E-state index >= 15 is 0 Å². The van der Waals surface area contributed by atoms with Gasteiger partial charge in [-0.05, 0) is 24.3 Å². The molecule has 0 radical (unpaired) electrons. The lowest BCUT2D eigenvalue weighted by molar-refractivity contribution is 0.533. The Balaban J connectivity index is 1.44. The molecule has 0 spiro atoms. The molecule has 0 saturated carbocycles. The fourth-order valence-electron chi connectivity index (χ4n) is 3.55. The van der Waals surface area contributed by atoms with Crippen molar-refractivity contribution in [1.82, 2.24) is 9.97 Å². The molecule has 0 N–H and O–H groups in total. The lowest BCUT2D eigenvalue weighted by Crippen LogP contribution is -2.29. The maximum absolute atomic E-state index is 8.85. The molecule has 2 fully saturated rings. The first kappa shape index (κ1) is 13.1. The average molecular weight is 291 g/mol. The van der Waals surface area contributed by atoms with Crippen LogP contribution >= 0.6 is 0 Å². The van der Waals surface area contributed by atoms with Crippen LogP contribution in [0.1, 0.15) is 5.56 Å². The molecule has 0 amide bonds. The summed E-state index contributed by atoms with van der Waals surface area (Å²) in [5.41, 5.74) is 0.615. The number of nitriles is 1. The number of fused-ring (bicyclic) bond motifs is 1. The largest absolute Gasteiger partial charge is 0.356 e. The van der Waals surface area contributed by atoms with Gasteiger partial charge in [-0.2, -0.15) is 5.26 Å². The van der Waals surface area contributed by atoms with Gasteiger partial charge < -0.3 is 9.80 Å². The Bertz CT molecular complexity index is 677. The molecule has 4 rings (SSSR count). The minimum Gasteiger partial charge on any atom is -0.356 e. The van der Waals surface area contributed by atoms with Crippen LogP contribution in [0, 0.1) is 23.2 Å². The van der Waals surface area contributed by atoms with Crippen molar-refractivity contribution in [2.24, 2.45) is 11.8 Å². The Labute approximate surface area is 129 Å². The molecule has 0 aliphatic carbocycles. The van der Waals surface area contributed by atoms with Crippen LogP contribution in [0.5, 0.6) is 0 Å². The SMILES string of the molecule is N#Cc1ccc(N2CC3CN(c4ccccn4)CC3C2)nc1. The maximum atomic E-state index is 8.85. The number of hydrogen-bond donors (Lipinski definition) is 0. The molecule has 2 aliphatic heterocycles. The Morgan fingerprint density at radius 1 is 0.909 bits per heavy atom. The van der Waals surface area contributed by atoms with Gasteiger partial charge in [-0.15, -0.1) is 0 Å². The zero-order valence-electron chi connectivity index (χ0n) is 12.3. The van der Waals surface area contributed by atoms with E-state index in [4.69, 9.17) is 5.26 Å². The molecule has 2 unspecified atom stereocenters. The van der Waals surface area contributed by atoms with Crippen molar-refractivity contribution in [1.29, 1.82) is 5.26 Å². The van der Waals surface area contributed by atoms with Crippen molar-refractivity contribution in [3.8, 4) is 6.07 Å². The Kier molecular flexibility index (Phi) is 3.15. The highest BCUT2D eigenvalue weighted by Crippen LogP contribution is 2.34. The Hall–Kier alpha value is -2.61. The second kappa shape index (κ2) is 5.30. The minimum absolute atomic E-state index is 0.615. The van der Waals surface area contributed by atoms with E-state index in [0.29, 0.717) is 17.4 Å². The first-order valence-corrected chi connectivity index (χ1v) is 7.60. The summed E-state index contributed by atoms with van der Waals surface area (Å²) in [6.07, 6.45) is 3.51. The van der Waals surface area contributed by atoms with Gasteiger partial charge in [0.2, 0.25) is 0 Å². The quantitative estimate of drug-likeness (QED) is 0.846. The molecule has 2 aliphatic rings. The van der Waals surface area contributed by atoms with E-state index in [1.807, 2.05) is 30.5 Å². The first-order valence-electron chi connectivity index (χ1n) is 7.60. The second-order valence-corrected chi connectivity index (χ2v) is 6.03. The van der Waals surface area contributed by atoms with E-state index in [1.54, 1.807) is 6.20 Å². The van der Waals surface area contributed by atoms with Crippen molar-refractivity contribution in [2.45, 2.75) is 0 Å². The minimum atomic E-state index is 0.615. The highest BCUT2D eigenvalue weighted by Gasteiger charge is 2.40. The lowest BCUT2D eigenvalue weighted by atomic mass is 10.0.